The van der Waals surface area contributed by atoms with Gasteiger partial charge in [-0.2, -0.15) is 10.1 Å². The van der Waals surface area contributed by atoms with E-state index >= 15 is 0 Å². The molecule has 1 atom stereocenters. The van der Waals surface area contributed by atoms with Gasteiger partial charge in [0.05, 0.1) is 17.7 Å². The van der Waals surface area contributed by atoms with Crippen molar-refractivity contribution in [3.8, 4) is 0 Å². The highest BCUT2D eigenvalue weighted by atomic mass is 32.2. The molecule has 0 amide bonds. The summed E-state index contributed by atoms with van der Waals surface area (Å²) >= 11 is 0. The topological polar surface area (TPSA) is 100 Å². The summed E-state index contributed by atoms with van der Waals surface area (Å²) in [4.78, 5) is 6.70. The van der Waals surface area contributed by atoms with E-state index in [4.69, 9.17) is 0 Å². The number of anilines is 4. The van der Waals surface area contributed by atoms with E-state index in [-0.39, 0.29) is 17.5 Å². The summed E-state index contributed by atoms with van der Waals surface area (Å²) in [5.74, 6) is 1.21. The van der Waals surface area contributed by atoms with Gasteiger partial charge in [-0.25, -0.2) is 8.42 Å². The second-order valence-electron chi connectivity index (χ2n) is 6.71. The first kappa shape index (κ1) is 19.3. The first-order valence-electron chi connectivity index (χ1n) is 9.19. The number of nitrogens with zero attached hydrogens (tertiary/aromatic N) is 4. The fourth-order valence-electron chi connectivity index (χ4n) is 3.23. The van der Waals surface area contributed by atoms with E-state index < -0.39 is 9.84 Å². The fourth-order valence-corrected chi connectivity index (χ4v) is 4.90. The molecule has 9 heteroatoms. The van der Waals surface area contributed by atoms with Gasteiger partial charge in [0.2, 0.25) is 5.95 Å². The summed E-state index contributed by atoms with van der Waals surface area (Å²) in [6.07, 6.45) is 2.11. The van der Waals surface area contributed by atoms with Gasteiger partial charge in [-0.1, -0.05) is 0 Å². The van der Waals surface area contributed by atoms with Gasteiger partial charge in [0, 0.05) is 30.5 Å². The number of aromatic nitrogens is 3. The molecule has 0 aliphatic carbocycles. The molecule has 146 valence electrons. The van der Waals surface area contributed by atoms with E-state index in [1.165, 1.54) is 5.69 Å². The lowest BCUT2D eigenvalue weighted by molar-refractivity contribution is 0.602. The Kier molecular flexibility index (Phi) is 5.79. The SMILES string of the molecule is CCN(CC)c1ccc(Nc2cnnc(NC3CCS(=O)(=O)C3)n2)c(C)c1. The third-order valence-electron chi connectivity index (χ3n) is 4.73. The molecule has 1 aliphatic rings. The first-order valence-corrected chi connectivity index (χ1v) is 11.0. The van der Waals surface area contributed by atoms with E-state index in [2.05, 4.69) is 56.7 Å². The van der Waals surface area contributed by atoms with Gasteiger partial charge in [-0.3, -0.25) is 0 Å². The number of rotatable bonds is 7. The molecule has 1 aliphatic heterocycles. The molecule has 3 rings (SSSR count). The van der Waals surface area contributed by atoms with Crippen LogP contribution in [0.2, 0.25) is 0 Å². The lowest BCUT2D eigenvalue weighted by Crippen LogP contribution is -2.22. The Morgan fingerprint density at radius 2 is 2.04 bits per heavy atom. The van der Waals surface area contributed by atoms with Gasteiger partial charge in [-0.05, 0) is 51.0 Å². The number of hydrogen-bond donors (Lipinski definition) is 2. The number of aryl methyl sites for hydroxylation is 1. The van der Waals surface area contributed by atoms with Crippen molar-refractivity contribution in [2.45, 2.75) is 33.2 Å². The van der Waals surface area contributed by atoms with Crippen LogP contribution < -0.4 is 15.5 Å². The summed E-state index contributed by atoms with van der Waals surface area (Å²) < 4.78 is 23.2. The maximum Gasteiger partial charge on any atom is 0.244 e. The minimum Gasteiger partial charge on any atom is -0.372 e. The maximum absolute atomic E-state index is 11.6. The highest BCUT2D eigenvalue weighted by Gasteiger charge is 2.28. The van der Waals surface area contributed by atoms with Crippen LogP contribution in [0.15, 0.2) is 24.4 Å². The third-order valence-corrected chi connectivity index (χ3v) is 6.49. The van der Waals surface area contributed by atoms with Crippen molar-refractivity contribution in [1.82, 2.24) is 15.2 Å². The minimum absolute atomic E-state index is 0.111. The lowest BCUT2D eigenvalue weighted by Gasteiger charge is -2.22. The van der Waals surface area contributed by atoms with Gasteiger partial charge in [-0.15, -0.1) is 5.10 Å². The summed E-state index contributed by atoms with van der Waals surface area (Å²) in [6, 6.07) is 6.09. The summed E-state index contributed by atoms with van der Waals surface area (Å²) in [5.41, 5.74) is 3.24. The first-order chi connectivity index (χ1) is 12.9. The molecule has 1 aromatic carbocycles. The Morgan fingerprint density at radius 3 is 2.67 bits per heavy atom. The smallest absolute Gasteiger partial charge is 0.244 e. The molecule has 2 N–H and O–H groups in total. The second kappa shape index (κ2) is 8.08. The lowest BCUT2D eigenvalue weighted by atomic mass is 10.1. The van der Waals surface area contributed by atoms with Crippen LogP contribution in [0.1, 0.15) is 25.8 Å². The van der Waals surface area contributed by atoms with Crippen molar-refractivity contribution in [2.75, 3.05) is 40.1 Å². The summed E-state index contributed by atoms with van der Waals surface area (Å²) in [6.45, 7) is 8.25. The van der Waals surface area contributed by atoms with Gasteiger partial charge in [0.25, 0.3) is 0 Å². The zero-order valence-electron chi connectivity index (χ0n) is 15.9. The highest BCUT2D eigenvalue weighted by Crippen LogP contribution is 2.25. The van der Waals surface area contributed by atoms with Crippen molar-refractivity contribution in [2.24, 2.45) is 0 Å². The van der Waals surface area contributed by atoms with E-state index in [1.54, 1.807) is 6.20 Å². The van der Waals surface area contributed by atoms with Crippen molar-refractivity contribution < 1.29 is 8.42 Å². The molecule has 0 spiro atoms. The average Bonchev–Trinajstić information content (AvgIpc) is 2.97. The van der Waals surface area contributed by atoms with Gasteiger partial charge in [0.1, 0.15) is 0 Å². The summed E-state index contributed by atoms with van der Waals surface area (Å²) in [7, 11) is -2.95. The highest BCUT2D eigenvalue weighted by molar-refractivity contribution is 7.91. The van der Waals surface area contributed by atoms with Crippen LogP contribution in [-0.4, -0.2) is 54.2 Å². The van der Waals surface area contributed by atoms with Crippen molar-refractivity contribution in [3.63, 3.8) is 0 Å². The zero-order chi connectivity index (χ0) is 19.4. The van der Waals surface area contributed by atoms with Crippen LogP contribution >= 0.6 is 0 Å². The van der Waals surface area contributed by atoms with Gasteiger partial charge >= 0.3 is 0 Å². The van der Waals surface area contributed by atoms with E-state index in [0.29, 0.717) is 18.2 Å². The van der Waals surface area contributed by atoms with Crippen LogP contribution in [0, 0.1) is 6.92 Å². The molecule has 0 radical (unpaired) electrons. The molecule has 2 heterocycles. The van der Waals surface area contributed by atoms with Gasteiger partial charge < -0.3 is 15.5 Å². The van der Waals surface area contributed by atoms with E-state index in [1.807, 2.05) is 13.0 Å². The largest absolute Gasteiger partial charge is 0.372 e. The maximum atomic E-state index is 11.6. The van der Waals surface area contributed by atoms with Crippen LogP contribution in [0.3, 0.4) is 0 Å². The normalized spacial score (nSPS) is 18.3. The molecule has 8 nitrogen and oxygen atoms in total. The van der Waals surface area contributed by atoms with Crippen molar-refractivity contribution in [1.29, 1.82) is 0 Å². The van der Waals surface area contributed by atoms with Crippen LogP contribution in [0.25, 0.3) is 0 Å². The molecule has 2 aromatic rings. The Hall–Kier alpha value is -2.42. The zero-order valence-corrected chi connectivity index (χ0v) is 16.8. The Morgan fingerprint density at radius 1 is 1.26 bits per heavy atom. The number of benzene rings is 1. The Bertz CT molecular complexity index is 898. The second-order valence-corrected chi connectivity index (χ2v) is 8.93. The monoisotopic (exact) mass is 390 g/mol. The van der Waals surface area contributed by atoms with Crippen molar-refractivity contribution >= 4 is 33.0 Å². The molecule has 1 saturated heterocycles. The van der Waals surface area contributed by atoms with Gasteiger partial charge in [0.15, 0.2) is 15.7 Å². The molecule has 0 bridgehead atoms. The molecule has 1 fully saturated rings. The molecule has 27 heavy (non-hydrogen) atoms. The summed E-state index contributed by atoms with van der Waals surface area (Å²) in [5, 5.41) is 14.3. The average molecular weight is 391 g/mol. The van der Waals surface area contributed by atoms with Crippen LogP contribution in [0.5, 0.6) is 0 Å². The predicted octanol–water partition coefficient (Wildman–Crippen LogP) is 2.37. The molecular weight excluding hydrogens is 364 g/mol. The third kappa shape index (κ3) is 4.85. The fraction of sp³-hybridized carbons (Fsp3) is 0.500. The minimum atomic E-state index is -2.95. The van der Waals surface area contributed by atoms with E-state index in [9.17, 15) is 8.42 Å². The predicted molar refractivity (Wildman–Crippen MR) is 109 cm³/mol. The molecule has 0 saturated carbocycles. The Balaban J connectivity index is 1.71. The molecule has 1 aromatic heterocycles. The van der Waals surface area contributed by atoms with Crippen molar-refractivity contribution in [3.05, 3.63) is 30.0 Å². The van der Waals surface area contributed by atoms with Crippen LogP contribution in [0.4, 0.5) is 23.1 Å². The standard InChI is InChI=1S/C18H26N6O2S/c1-4-24(5-2)15-6-7-16(13(3)10-15)21-17-11-19-23-18(22-17)20-14-8-9-27(25,26)12-14/h6-7,10-11,14H,4-5,8-9,12H2,1-3H3,(H2,20,21,22,23). The number of sulfone groups is 1. The Labute approximate surface area is 160 Å². The molecule has 1 unspecified atom stereocenters. The van der Waals surface area contributed by atoms with E-state index in [0.717, 1.165) is 24.3 Å². The number of nitrogens with one attached hydrogen (secondary N) is 2. The van der Waals surface area contributed by atoms with Crippen LogP contribution in [-0.2, 0) is 9.84 Å². The molecular formula is C18H26N6O2S. The number of hydrogen-bond acceptors (Lipinski definition) is 8. The quantitative estimate of drug-likeness (QED) is 0.743.